The summed E-state index contributed by atoms with van der Waals surface area (Å²) in [6.45, 7) is 8.28. The number of alkyl halides is 3. The fourth-order valence-electron chi connectivity index (χ4n) is 1.66. The lowest BCUT2D eigenvalue weighted by Crippen LogP contribution is -3.17. The lowest BCUT2D eigenvalue weighted by Gasteiger charge is -2.38. The number of hydrogen-bond acceptors (Lipinski definition) is 3. The highest BCUT2D eigenvalue weighted by Crippen LogP contribution is 2.11. The Morgan fingerprint density at radius 1 is 1.13 bits per heavy atom. The van der Waals surface area contributed by atoms with Crippen molar-refractivity contribution >= 4 is 5.97 Å². The molecule has 7 heteroatoms. The maximum absolute atomic E-state index is 10.5. The lowest BCUT2D eigenvalue weighted by atomic mass is 10.2. The first-order chi connectivity index (χ1) is 6.89. The molecule has 0 saturated carbocycles. The molecule has 0 unspecified atom stereocenters. The quantitative estimate of drug-likeness (QED) is 0.497. The number of carboxylic acid groups (broad SMARTS) is 1. The van der Waals surface area contributed by atoms with E-state index in [1.807, 2.05) is 4.90 Å². The number of hydrogen-bond donors (Lipinski definition) is 1. The molecule has 2 bridgehead atoms. The molecule has 1 N–H and O–H groups in total. The van der Waals surface area contributed by atoms with Crippen LogP contribution in [0.4, 0.5) is 13.2 Å². The van der Waals surface area contributed by atoms with Gasteiger partial charge in [-0.2, -0.15) is 13.2 Å². The summed E-state index contributed by atoms with van der Waals surface area (Å²) in [5.41, 5.74) is 0. The molecule has 3 heterocycles. The average Bonchev–Trinajstić information content (AvgIpc) is 2.20. The summed E-state index contributed by atoms with van der Waals surface area (Å²) in [5.74, 6) is -3.01. The molecule has 3 saturated heterocycles. The zero-order valence-electron chi connectivity index (χ0n) is 8.14. The molecular formula is C8H13F3N2O2. The summed E-state index contributed by atoms with van der Waals surface area (Å²) in [6, 6.07) is 0. The van der Waals surface area contributed by atoms with Crippen LogP contribution in [-0.2, 0) is 4.79 Å². The zero-order valence-corrected chi connectivity index (χ0v) is 8.14. The first-order valence-corrected chi connectivity index (χ1v) is 4.73. The number of carbonyl (C=O) groups is 1. The van der Waals surface area contributed by atoms with Gasteiger partial charge in [0.05, 0.1) is 19.6 Å². The second-order valence-corrected chi connectivity index (χ2v) is 3.63. The van der Waals surface area contributed by atoms with Gasteiger partial charge in [-0.15, -0.1) is 0 Å². The van der Waals surface area contributed by atoms with Crippen LogP contribution >= 0.6 is 0 Å². The smallest absolute Gasteiger partial charge is 0.430 e. The van der Waals surface area contributed by atoms with Gasteiger partial charge in [0, 0.05) is 19.6 Å². The van der Waals surface area contributed by atoms with Crippen molar-refractivity contribution in [2.24, 2.45) is 0 Å². The Labute approximate surface area is 85.3 Å². The standard InChI is InChI=1S/C6H12N2.C2HF3O2/c1-2-8-5-3-7(1)4-6-8;3-2(4,5)1(6)7/h1-6H2;(H,6,7). The van der Waals surface area contributed by atoms with Crippen molar-refractivity contribution in [2.45, 2.75) is 6.18 Å². The molecule has 0 amide bonds. The Hall–Kier alpha value is -0.820. The maximum atomic E-state index is 10.5. The molecule has 0 aromatic carbocycles. The Kier molecular flexibility index (Phi) is 3.92. The van der Waals surface area contributed by atoms with Gasteiger partial charge in [0.15, 0.2) is 0 Å². The molecule has 0 aliphatic carbocycles. The van der Waals surface area contributed by atoms with E-state index in [9.17, 15) is 13.2 Å². The number of quaternary nitrogens is 1. The SMILES string of the molecule is C1C[NH+]2CCN1CC2.O=C([O-])C(F)(F)F. The van der Waals surface area contributed by atoms with Crippen molar-refractivity contribution in [2.75, 3.05) is 39.3 Å². The summed E-state index contributed by atoms with van der Waals surface area (Å²) in [7, 11) is 0. The fraction of sp³-hybridized carbons (Fsp3) is 0.875. The number of halogens is 3. The molecule has 88 valence electrons. The predicted octanol–water partition coefficient (Wildman–Crippen LogP) is -2.50. The molecule has 4 nitrogen and oxygen atoms in total. The summed E-state index contributed by atoms with van der Waals surface area (Å²) in [6.07, 6.45) is -5.19. The molecule has 15 heavy (non-hydrogen) atoms. The molecule has 3 rings (SSSR count). The van der Waals surface area contributed by atoms with Crippen molar-refractivity contribution in [3.05, 3.63) is 0 Å². The summed E-state index contributed by atoms with van der Waals surface area (Å²) in [4.78, 5) is 13.2. The van der Waals surface area contributed by atoms with Gasteiger partial charge in [-0.05, 0) is 0 Å². The number of aliphatic carboxylic acids is 1. The molecule has 0 spiro atoms. The van der Waals surface area contributed by atoms with E-state index in [0.717, 1.165) is 0 Å². The van der Waals surface area contributed by atoms with E-state index in [2.05, 4.69) is 4.90 Å². The van der Waals surface area contributed by atoms with Crippen LogP contribution in [0.25, 0.3) is 0 Å². The second-order valence-electron chi connectivity index (χ2n) is 3.63. The molecule has 3 fully saturated rings. The number of carboxylic acids is 1. The van der Waals surface area contributed by atoms with E-state index in [4.69, 9.17) is 9.90 Å². The Balaban J connectivity index is 0.000000153. The molecule has 0 aromatic rings. The predicted molar refractivity (Wildman–Crippen MR) is 43.1 cm³/mol. The van der Waals surface area contributed by atoms with Crippen LogP contribution in [0.2, 0.25) is 0 Å². The van der Waals surface area contributed by atoms with Gasteiger partial charge in [-0.25, -0.2) is 0 Å². The number of nitrogens with zero attached hydrogens (tertiary/aromatic N) is 1. The molecule has 3 aliphatic heterocycles. The lowest BCUT2D eigenvalue weighted by molar-refractivity contribution is -0.914. The van der Waals surface area contributed by atoms with Crippen molar-refractivity contribution in [3.8, 4) is 0 Å². The number of fused-ring (bicyclic) bond motifs is 3. The largest absolute Gasteiger partial charge is 0.542 e. The van der Waals surface area contributed by atoms with Crippen LogP contribution < -0.4 is 10.0 Å². The number of nitrogens with one attached hydrogen (secondary N) is 1. The van der Waals surface area contributed by atoms with Gasteiger partial charge in [0.2, 0.25) is 0 Å². The van der Waals surface area contributed by atoms with E-state index in [1.54, 1.807) is 0 Å². The monoisotopic (exact) mass is 226 g/mol. The zero-order chi connectivity index (χ0) is 11.5. The highest BCUT2D eigenvalue weighted by atomic mass is 19.4. The highest BCUT2D eigenvalue weighted by Gasteiger charge is 2.28. The van der Waals surface area contributed by atoms with Crippen LogP contribution in [0.5, 0.6) is 0 Å². The average molecular weight is 226 g/mol. The van der Waals surface area contributed by atoms with E-state index in [1.165, 1.54) is 39.3 Å². The third-order valence-electron chi connectivity index (χ3n) is 2.58. The Bertz CT molecular complexity index is 201. The minimum Gasteiger partial charge on any atom is -0.542 e. The molecule has 3 aliphatic rings. The van der Waals surface area contributed by atoms with Gasteiger partial charge in [0.1, 0.15) is 5.97 Å². The van der Waals surface area contributed by atoms with Crippen LogP contribution in [-0.4, -0.2) is 56.3 Å². The first-order valence-electron chi connectivity index (χ1n) is 4.73. The molecule has 0 atom stereocenters. The minimum absolute atomic E-state index is 1.36. The fourth-order valence-corrected chi connectivity index (χ4v) is 1.66. The molecule has 0 aromatic heterocycles. The Morgan fingerprint density at radius 3 is 1.53 bits per heavy atom. The van der Waals surface area contributed by atoms with Gasteiger partial charge >= 0.3 is 6.18 Å². The van der Waals surface area contributed by atoms with Crippen LogP contribution in [0.1, 0.15) is 0 Å². The van der Waals surface area contributed by atoms with Gasteiger partial charge in [-0.1, -0.05) is 0 Å². The van der Waals surface area contributed by atoms with Crippen LogP contribution in [0, 0.1) is 0 Å². The van der Waals surface area contributed by atoms with Gasteiger partial charge in [0.25, 0.3) is 0 Å². The van der Waals surface area contributed by atoms with Gasteiger partial charge in [-0.3, -0.25) is 4.90 Å². The van der Waals surface area contributed by atoms with Crippen LogP contribution in [0.15, 0.2) is 0 Å². The molecule has 0 radical (unpaired) electrons. The number of rotatable bonds is 0. The minimum atomic E-state index is -5.19. The van der Waals surface area contributed by atoms with E-state index in [0.29, 0.717) is 0 Å². The summed E-state index contributed by atoms with van der Waals surface area (Å²) >= 11 is 0. The third kappa shape index (κ3) is 4.05. The second kappa shape index (κ2) is 4.80. The van der Waals surface area contributed by atoms with E-state index in [-0.39, 0.29) is 0 Å². The topological polar surface area (TPSA) is 47.8 Å². The summed E-state index contributed by atoms with van der Waals surface area (Å²) in [5, 5.41) is 8.78. The first kappa shape index (κ1) is 12.3. The highest BCUT2D eigenvalue weighted by molar-refractivity contribution is 5.70. The van der Waals surface area contributed by atoms with Crippen molar-refractivity contribution < 1.29 is 28.0 Å². The third-order valence-corrected chi connectivity index (χ3v) is 2.58. The van der Waals surface area contributed by atoms with Gasteiger partial charge < -0.3 is 14.8 Å². The van der Waals surface area contributed by atoms with Crippen molar-refractivity contribution in [3.63, 3.8) is 0 Å². The Morgan fingerprint density at radius 2 is 1.47 bits per heavy atom. The van der Waals surface area contributed by atoms with E-state index >= 15 is 0 Å². The van der Waals surface area contributed by atoms with Crippen molar-refractivity contribution in [1.82, 2.24) is 4.90 Å². The number of piperazine rings is 3. The normalized spacial score (nSPS) is 29.3. The maximum Gasteiger partial charge on any atom is 0.430 e. The summed E-state index contributed by atoms with van der Waals surface area (Å²) < 4.78 is 31.5. The van der Waals surface area contributed by atoms with Crippen molar-refractivity contribution in [1.29, 1.82) is 0 Å². The van der Waals surface area contributed by atoms with E-state index < -0.39 is 12.1 Å². The van der Waals surface area contributed by atoms with Crippen LogP contribution in [0.3, 0.4) is 0 Å². The number of carbonyl (C=O) groups excluding carboxylic acids is 1. The molecular weight excluding hydrogens is 213 g/mol.